The molecule has 2 nitrogen and oxygen atoms in total. The molecule has 0 bridgehead atoms. The van der Waals surface area contributed by atoms with Crippen molar-refractivity contribution in [1.29, 1.82) is 0 Å². The van der Waals surface area contributed by atoms with Gasteiger partial charge in [0.25, 0.3) is 0 Å². The summed E-state index contributed by atoms with van der Waals surface area (Å²) in [4.78, 5) is 2.54. The maximum Gasteiger partial charge on any atom is 0.0217 e. The highest BCUT2D eigenvalue weighted by molar-refractivity contribution is 4.76. The number of rotatable bonds is 5. The van der Waals surface area contributed by atoms with Crippen molar-refractivity contribution in [1.82, 2.24) is 10.2 Å². The first-order chi connectivity index (χ1) is 8.36. The van der Waals surface area contributed by atoms with Crippen LogP contribution < -0.4 is 5.32 Å². The molecule has 1 aliphatic heterocycles. The monoisotopic (exact) mass is 238 g/mol. The van der Waals surface area contributed by atoms with Gasteiger partial charge in [0.05, 0.1) is 0 Å². The Morgan fingerprint density at radius 2 is 1.76 bits per heavy atom. The Kier molecular flexibility index (Phi) is 5.79. The molecule has 1 aliphatic carbocycles. The van der Waals surface area contributed by atoms with Gasteiger partial charge in [0.1, 0.15) is 0 Å². The molecule has 0 radical (unpaired) electrons. The zero-order valence-corrected chi connectivity index (χ0v) is 11.6. The molecule has 0 aromatic rings. The van der Waals surface area contributed by atoms with Crippen molar-refractivity contribution in [2.45, 2.75) is 63.8 Å². The molecule has 1 N–H and O–H groups in total. The molecule has 0 amide bonds. The number of hydrogen-bond donors (Lipinski definition) is 1. The highest BCUT2D eigenvalue weighted by Gasteiger charge is 2.18. The van der Waals surface area contributed by atoms with Crippen molar-refractivity contribution < 1.29 is 0 Å². The van der Waals surface area contributed by atoms with E-state index in [1.165, 1.54) is 77.4 Å². The lowest BCUT2D eigenvalue weighted by molar-refractivity contribution is 0.180. The lowest BCUT2D eigenvalue weighted by atomic mass is 9.87. The van der Waals surface area contributed by atoms with Crippen LogP contribution in [0.25, 0.3) is 0 Å². The lowest BCUT2D eigenvalue weighted by Crippen LogP contribution is -2.43. The van der Waals surface area contributed by atoms with Crippen molar-refractivity contribution in [3.63, 3.8) is 0 Å². The van der Waals surface area contributed by atoms with E-state index in [9.17, 15) is 0 Å². The number of likely N-dealkylation sites (tertiary alicyclic amines) is 1. The average Bonchev–Trinajstić information content (AvgIpc) is 2.38. The number of likely N-dealkylation sites (N-methyl/N-ethyl adjacent to an activating group) is 1. The van der Waals surface area contributed by atoms with E-state index in [1.807, 2.05) is 0 Å². The second-order valence-corrected chi connectivity index (χ2v) is 6.13. The fraction of sp³-hybridized carbons (Fsp3) is 1.00. The van der Waals surface area contributed by atoms with Crippen LogP contribution in [0, 0.1) is 5.92 Å². The Labute approximate surface area is 107 Å². The second kappa shape index (κ2) is 7.38. The Morgan fingerprint density at radius 3 is 2.53 bits per heavy atom. The quantitative estimate of drug-likeness (QED) is 0.741. The summed E-state index contributed by atoms with van der Waals surface area (Å²) < 4.78 is 0. The summed E-state index contributed by atoms with van der Waals surface area (Å²) in [5, 5.41) is 3.69. The number of piperidine rings is 1. The number of hydrogen-bond acceptors (Lipinski definition) is 2. The molecule has 2 heteroatoms. The van der Waals surface area contributed by atoms with Gasteiger partial charge in [-0.3, -0.25) is 0 Å². The minimum absolute atomic E-state index is 0.801. The van der Waals surface area contributed by atoms with Gasteiger partial charge in [0.15, 0.2) is 0 Å². The summed E-state index contributed by atoms with van der Waals surface area (Å²) in [5.41, 5.74) is 0. The third kappa shape index (κ3) is 4.59. The van der Waals surface area contributed by atoms with Gasteiger partial charge in [0, 0.05) is 12.6 Å². The van der Waals surface area contributed by atoms with Crippen LogP contribution in [-0.2, 0) is 0 Å². The van der Waals surface area contributed by atoms with Gasteiger partial charge in [0.2, 0.25) is 0 Å². The second-order valence-electron chi connectivity index (χ2n) is 6.13. The van der Waals surface area contributed by atoms with Gasteiger partial charge < -0.3 is 10.2 Å². The molecule has 17 heavy (non-hydrogen) atoms. The Bertz CT molecular complexity index is 199. The van der Waals surface area contributed by atoms with Crippen LogP contribution in [0.4, 0.5) is 0 Å². The Morgan fingerprint density at radius 1 is 1.00 bits per heavy atom. The molecular weight excluding hydrogens is 208 g/mol. The SMILES string of the molecule is CN1CCCCC1CNCCC1CCCCC1. The molecule has 0 aromatic heterocycles. The summed E-state index contributed by atoms with van der Waals surface area (Å²) in [6.45, 7) is 3.76. The van der Waals surface area contributed by atoms with E-state index in [-0.39, 0.29) is 0 Å². The maximum atomic E-state index is 3.69. The summed E-state index contributed by atoms with van der Waals surface area (Å²) in [5.74, 6) is 1.03. The largest absolute Gasteiger partial charge is 0.315 e. The standard InChI is InChI=1S/C15H30N2/c1-17-12-6-5-9-15(17)13-16-11-10-14-7-3-2-4-8-14/h14-16H,2-13H2,1H3. The van der Waals surface area contributed by atoms with Gasteiger partial charge >= 0.3 is 0 Å². The van der Waals surface area contributed by atoms with Crippen LogP contribution >= 0.6 is 0 Å². The van der Waals surface area contributed by atoms with Crippen LogP contribution in [0.3, 0.4) is 0 Å². The Hall–Kier alpha value is -0.0800. The van der Waals surface area contributed by atoms with E-state index in [0.717, 1.165) is 12.0 Å². The topological polar surface area (TPSA) is 15.3 Å². The molecule has 1 unspecified atom stereocenters. The summed E-state index contributed by atoms with van der Waals surface area (Å²) in [6, 6.07) is 0.801. The molecule has 2 fully saturated rings. The van der Waals surface area contributed by atoms with Gasteiger partial charge in [-0.15, -0.1) is 0 Å². The van der Waals surface area contributed by atoms with Crippen LogP contribution in [-0.4, -0.2) is 37.6 Å². The van der Waals surface area contributed by atoms with Crippen LogP contribution in [0.5, 0.6) is 0 Å². The summed E-state index contributed by atoms with van der Waals surface area (Å²) >= 11 is 0. The van der Waals surface area contributed by atoms with Gasteiger partial charge in [-0.25, -0.2) is 0 Å². The fourth-order valence-electron chi connectivity index (χ4n) is 3.45. The van der Waals surface area contributed by atoms with Crippen molar-refractivity contribution in [3.05, 3.63) is 0 Å². The maximum absolute atomic E-state index is 3.69. The van der Waals surface area contributed by atoms with E-state index < -0.39 is 0 Å². The lowest BCUT2D eigenvalue weighted by Gasteiger charge is -2.32. The molecule has 1 saturated heterocycles. The number of nitrogens with zero attached hydrogens (tertiary/aromatic N) is 1. The van der Waals surface area contributed by atoms with Gasteiger partial charge in [-0.1, -0.05) is 38.5 Å². The zero-order valence-electron chi connectivity index (χ0n) is 11.6. The van der Waals surface area contributed by atoms with Gasteiger partial charge in [-0.05, 0) is 45.3 Å². The van der Waals surface area contributed by atoms with Crippen molar-refractivity contribution in [3.8, 4) is 0 Å². The van der Waals surface area contributed by atoms with Crippen LogP contribution in [0.1, 0.15) is 57.8 Å². The summed E-state index contributed by atoms with van der Waals surface area (Å²) in [6.07, 6.45) is 13.1. The molecule has 2 rings (SSSR count). The molecular formula is C15H30N2. The first-order valence-corrected chi connectivity index (χ1v) is 7.77. The minimum atomic E-state index is 0.801. The summed E-state index contributed by atoms with van der Waals surface area (Å²) in [7, 11) is 2.28. The first kappa shape index (κ1) is 13.4. The minimum Gasteiger partial charge on any atom is -0.315 e. The van der Waals surface area contributed by atoms with Crippen molar-refractivity contribution >= 4 is 0 Å². The highest BCUT2D eigenvalue weighted by atomic mass is 15.2. The Balaban J connectivity index is 1.53. The van der Waals surface area contributed by atoms with E-state index >= 15 is 0 Å². The fourth-order valence-corrected chi connectivity index (χ4v) is 3.45. The third-order valence-electron chi connectivity index (χ3n) is 4.76. The van der Waals surface area contributed by atoms with E-state index in [2.05, 4.69) is 17.3 Å². The molecule has 1 heterocycles. The predicted molar refractivity (Wildman–Crippen MR) is 74.3 cm³/mol. The third-order valence-corrected chi connectivity index (χ3v) is 4.76. The van der Waals surface area contributed by atoms with Crippen molar-refractivity contribution in [2.75, 3.05) is 26.7 Å². The first-order valence-electron chi connectivity index (χ1n) is 7.77. The van der Waals surface area contributed by atoms with E-state index in [0.29, 0.717) is 0 Å². The molecule has 0 spiro atoms. The molecule has 100 valence electrons. The highest BCUT2D eigenvalue weighted by Crippen LogP contribution is 2.25. The van der Waals surface area contributed by atoms with E-state index in [4.69, 9.17) is 0 Å². The molecule has 1 atom stereocenters. The van der Waals surface area contributed by atoms with Crippen LogP contribution in [0.2, 0.25) is 0 Å². The van der Waals surface area contributed by atoms with E-state index in [1.54, 1.807) is 0 Å². The van der Waals surface area contributed by atoms with Crippen molar-refractivity contribution in [2.24, 2.45) is 5.92 Å². The molecule has 0 aromatic carbocycles. The predicted octanol–water partition coefficient (Wildman–Crippen LogP) is 3.03. The normalized spacial score (nSPS) is 28.4. The zero-order chi connectivity index (χ0) is 11.9. The molecule has 1 saturated carbocycles. The van der Waals surface area contributed by atoms with Gasteiger partial charge in [-0.2, -0.15) is 0 Å². The average molecular weight is 238 g/mol. The number of nitrogens with one attached hydrogen (secondary N) is 1. The molecule has 2 aliphatic rings. The van der Waals surface area contributed by atoms with Crippen LogP contribution in [0.15, 0.2) is 0 Å². The smallest absolute Gasteiger partial charge is 0.0217 e.